The molecule has 0 aliphatic carbocycles. The third kappa shape index (κ3) is 10.0. The van der Waals surface area contributed by atoms with Gasteiger partial charge in [-0.25, -0.2) is 8.42 Å². The lowest BCUT2D eigenvalue weighted by atomic mass is 10.0. The second-order valence-corrected chi connectivity index (χ2v) is 13.1. The second-order valence-electron chi connectivity index (χ2n) is 10.4. The number of anilines is 1. The Morgan fingerprint density at radius 2 is 1.62 bits per heavy atom. The number of carbonyl (C=O) groups excluding carboxylic acids is 2. The first-order valence-electron chi connectivity index (χ1n) is 14.1. The minimum Gasteiger partial charge on any atom is -0.354 e. The van der Waals surface area contributed by atoms with Gasteiger partial charge in [0.15, 0.2) is 0 Å². The smallest absolute Gasteiger partial charge is 0.243 e. The maximum absolute atomic E-state index is 13.9. The van der Waals surface area contributed by atoms with Gasteiger partial charge in [0.1, 0.15) is 6.04 Å². The molecular weight excluding hydrogens is 593 g/mol. The molecule has 42 heavy (non-hydrogen) atoms. The molecule has 10 heteroatoms. The predicted molar refractivity (Wildman–Crippen MR) is 171 cm³/mol. The summed E-state index contributed by atoms with van der Waals surface area (Å²) in [6.45, 7) is 4.84. The average Bonchev–Trinajstić information content (AvgIpc) is 2.95. The van der Waals surface area contributed by atoms with Gasteiger partial charge in [-0.15, -0.1) is 0 Å². The Labute approximate surface area is 259 Å². The number of hydrogen-bond acceptors (Lipinski definition) is 4. The van der Waals surface area contributed by atoms with E-state index in [4.69, 9.17) is 23.2 Å². The van der Waals surface area contributed by atoms with Crippen molar-refractivity contribution >= 4 is 50.7 Å². The maximum atomic E-state index is 13.9. The van der Waals surface area contributed by atoms with Crippen molar-refractivity contribution in [1.82, 2.24) is 10.2 Å². The molecule has 0 aliphatic heterocycles. The van der Waals surface area contributed by atoms with Crippen LogP contribution < -0.4 is 9.62 Å². The highest BCUT2D eigenvalue weighted by Gasteiger charge is 2.30. The number of halogens is 2. The third-order valence-electron chi connectivity index (χ3n) is 6.90. The highest BCUT2D eigenvalue weighted by Crippen LogP contribution is 2.31. The maximum Gasteiger partial charge on any atom is 0.243 e. The average molecular weight is 633 g/mol. The summed E-state index contributed by atoms with van der Waals surface area (Å²) >= 11 is 12.4. The van der Waals surface area contributed by atoms with E-state index in [1.165, 1.54) is 12.1 Å². The van der Waals surface area contributed by atoms with Crippen molar-refractivity contribution in [3.05, 3.63) is 99.5 Å². The first-order chi connectivity index (χ1) is 20.0. The van der Waals surface area contributed by atoms with Crippen LogP contribution in [0.5, 0.6) is 0 Å². The first-order valence-corrected chi connectivity index (χ1v) is 16.7. The molecule has 0 radical (unpaired) electrons. The fourth-order valence-corrected chi connectivity index (χ4v) is 6.01. The van der Waals surface area contributed by atoms with E-state index in [-0.39, 0.29) is 48.5 Å². The van der Waals surface area contributed by atoms with E-state index >= 15 is 0 Å². The Balaban J connectivity index is 1.88. The molecule has 1 N–H and O–H groups in total. The summed E-state index contributed by atoms with van der Waals surface area (Å²) < 4.78 is 26.5. The van der Waals surface area contributed by atoms with E-state index in [0.717, 1.165) is 40.1 Å². The molecule has 0 aromatic heterocycles. The van der Waals surface area contributed by atoms with Crippen LogP contribution in [0.3, 0.4) is 0 Å². The molecule has 7 nitrogen and oxygen atoms in total. The molecular formula is C32H39Cl2N3O4S. The van der Waals surface area contributed by atoms with Crippen LogP contribution in [0.15, 0.2) is 72.8 Å². The summed E-state index contributed by atoms with van der Waals surface area (Å²) in [5.74, 6) is -0.455. The fraction of sp³-hybridized carbons (Fsp3) is 0.375. The zero-order chi connectivity index (χ0) is 30.7. The Hall–Kier alpha value is -3.07. The first kappa shape index (κ1) is 33.4. The SMILES string of the molecule is CCCCNC(=O)[C@@H](Cc1ccccc1)N(Cc1ccc(C)cc1)C(=O)CCCN(c1cc(Cl)ccc1Cl)S(C)(=O)=O. The lowest BCUT2D eigenvalue weighted by Crippen LogP contribution is -2.50. The largest absolute Gasteiger partial charge is 0.354 e. The highest BCUT2D eigenvalue weighted by atomic mass is 35.5. The Morgan fingerprint density at radius 1 is 0.929 bits per heavy atom. The van der Waals surface area contributed by atoms with Gasteiger partial charge >= 0.3 is 0 Å². The van der Waals surface area contributed by atoms with Crippen LogP contribution in [0.2, 0.25) is 10.0 Å². The van der Waals surface area contributed by atoms with Crippen LogP contribution in [-0.4, -0.2) is 50.5 Å². The number of nitrogens with one attached hydrogen (secondary N) is 1. The molecule has 3 aromatic carbocycles. The molecule has 2 amide bonds. The number of benzene rings is 3. The van der Waals surface area contributed by atoms with Gasteiger partial charge in [0.25, 0.3) is 0 Å². The lowest BCUT2D eigenvalue weighted by molar-refractivity contribution is -0.141. The number of carbonyl (C=O) groups is 2. The van der Waals surface area contributed by atoms with E-state index < -0.39 is 16.1 Å². The van der Waals surface area contributed by atoms with Gasteiger partial charge in [-0.3, -0.25) is 13.9 Å². The molecule has 3 rings (SSSR count). The number of unbranched alkanes of at least 4 members (excludes halogenated alkanes) is 1. The van der Waals surface area contributed by atoms with E-state index in [2.05, 4.69) is 12.2 Å². The van der Waals surface area contributed by atoms with Crippen LogP contribution in [0, 0.1) is 6.92 Å². The molecule has 0 bridgehead atoms. The van der Waals surface area contributed by atoms with E-state index in [1.807, 2.05) is 61.5 Å². The third-order valence-corrected chi connectivity index (χ3v) is 8.64. The number of sulfonamides is 1. The molecule has 3 aromatic rings. The Morgan fingerprint density at radius 3 is 2.26 bits per heavy atom. The van der Waals surface area contributed by atoms with Crippen molar-refractivity contribution in [3.8, 4) is 0 Å². The van der Waals surface area contributed by atoms with Gasteiger partial charge in [-0.05, 0) is 49.1 Å². The summed E-state index contributed by atoms with van der Waals surface area (Å²) in [6, 6.07) is 21.4. The van der Waals surface area contributed by atoms with Crippen molar-refractivity contribution in [3.63, 3.8) is 0 Å². The monoisotopic (exact) mass is 631 g/mol. The summed E-state index contributed by atoms with van der Waals surface area (Å²) in [4.78, 5) is 29.1. The van der Waals surface area contributed by atoms with Crippen LogP contribution in [0.4, 0.5) is 5.69 Å². The minimum absolute atomic E-state index is 0.0229. The van der Waals surface area contributed by atoms with Gasteiger partial charge in [-0.2, -0.15) is 0 Å². The number of amides is 2. The van der Waals surface area contributed by atoms with Crippen LogP contribution in [-0.2, 0) is 32.6 Å². The van der Waals surface area contributed by atoms with E-state index in [0.29, 0.717) is 18.0 Å². The number of nitrogens with zero attached hydrogens (tertiary/aromatic N) is 2. The van der Waals surface area contributed by atoms with Crippen LogP contribution in [0.25, 0.3) is 0 Å². The zero-order valence-electron chi connectivity index (χ0n) is 24.4. The number of rotatable bonds is 15. The number of hydrogen-bond donors (Lipinski definition) is 1. The van der Waals surface area contributed by atoms with Crippen LogP contribution in [0.1, 0.15) is 49.3 Å². The zero-order valence-corrected chi connectivity index (χ0v) is 26.7. The van der Waals surface area contributed by atoms with Gasteiger partial charge < -0.3 is 10.2 Å². The Kier molecular flexibility index (Phi) is 12.7. The van der Waals surface area contributed by atoms with Crippen molar-refractivity contribution < 1.29 is 18.0 Å². The molecule has 0 saturated heterocycles. The van der Waals surface area contributed by atoms with Gasteiger partial charge in [0, 0.05) is 37.5 Å². The van der Waals surface area contributed by atoms with Crippen molar-refractivity contribution in [2.75, 3.05) is 23.7 Å². The van der Waals surface area contributed by atoms with E-state index in [1.54, 1.807) is 11.0 Å². The van der Waals surface area contributed by atoms with Gasteiger partial charge in [0.05, 0.1) is 17.0 Å². The topological polar surface area (TPSA) is 86.8 Å². The van der Waals surface area contributed by atoms with Crippen molar-refractivity contribution in [2.24, 2.45) is 0 Å². The lowest BCUT2D eigenvalue weighted by Gasteiger charge is -2.32. The summed E-state index contributed by atoms with van der Waals surface area (Å²) in [6.07, 6.45) is 3.46. The molecule has 1 atom stereocenters. The van der Waals surface area contributed by atoms with Crippen LogP contribution >= 0.6 is 23.2 Å². The molecule has 226 valence electrons. The molecule has 0 fully saturated rings. The molecule has 0 saturated carbocycles. The minimum atomic E-state index is -3.71. The van der Waals surface area contributed by atoms with Gasteiger partial charge in [0.2, 0.25) is 21.8 Å². The van der Waals surface area contributed by atoms with Gasteiger partial charge in [-0.1, -0.05) is 96.7 Å². The van der Waals surface area contributed by atoms with E-state index in [9.17, 15) is 18.0 Å². The molecule has 0 spiro atoms. The summed E-state index contributed by atoms with van der Waals surface area (Å²) in [5, 5.41) is 3.60. The predicted octanol–water partition coefficient (Wildman–Crippen LogP) is 6.40. The standard InChI is InChI=1S/C32H39Cl2N3O4S/c1-4-5-19-35-32(39)30(21-25-10-7-6-8-11-25)36(23-26-15-13-24(2)14-16-26)31(38)12-9-20-37(42(3,40)41)29-22-27(33)17-18-28(29)34/h6-8,10-11,13-18,22,30H,4-5,9,12,19-21,23H2,1-3H3,(H,35,39)/t30-/m1/s1. The molecule has 0 heterocycles. The fourth-order valence-electron chi connectivity index (χ4n) is 4.61. The number of aryl methyl sites for hydroxylation is 1. The van der Waals surface area contributed by atoms with Crippen molar-refractivity contribution in [1.29, 1.82) is 0 Å². The second kappa shape index (κ2) is 16.0. The van der Waals surface area contributed by atoms with Crippen molar-refractivity contribution in [2.45, 2.75) is 58.5 Å². The normalized spacial score (nSPS) is 12.0. The molecule has 0 unspecified atom stereocenters. The molecule has 0 aliphatic rings. The Bertz CT molecular complexity index is 1430. The quantitative estimate of drug-likeness (QED) is 0.197. The summed E-state index contributed by atoms with van der Waals surface area (Å²) in [5.41, 5.74) is 3.19. The highest BCUT2D eigenvalue weighted by molar-refractivity contribution is 7.92. The summed E-state index contributed by atoms with van der Waals surface area (Å²) in [7, 11) is -3.71.